The molecule has 1 heterocycles. The Balaban J connectivity index is 1.53. The highest BCUT2D eigenvalue weighted by molar-refractivity contribution is 7.99. The topological polar surface area (TPSA) is 93.7 Å². The van der Waals surface area contributed by atoms with Gasteiger partial charge in [0, 0.05) is 23.3 Å². The summed E-state index contributed by atoms with van der Waals surface area (Å²) in [7, 11) is -2.17. The second-order valence-electron chi connectivity index (χ2n) is 7.65. The first kappa shape index (κ1) is 22.1. The molecule has 2 aromatic carbocycles. The number of methoxy groups -OCH3 is 1. The maximum absolute atomic E-state index is 13.1. The fourth-order valence-corrected chi connectivity index (χ4v) is 5.82. The monoisotopic (exact) mass is 462 g/mol. The van der Waals surface area contributed by atoms with Gasteiger partial charge in [0.15, 0.2) is 0 Å². The van der Waals surface area contributed by atoms with Crippen LogP contribution >= 0.6 is 11.8 Å². The van der Waals surface area contributed by atoms with Gasteiger partial charge in [0.05, 0.1) is 29.4 Å². The van der Waals surface area contributed by atoms with Crippen LogP contribution in [0.15, 0.2) is 52.3 Å². The molecule has 0 radical (unpaired) electrons. The van der Waals surface area contributed by atoms with Crippen molar-refractivity contribution in [2.24, 2.45) is 0 Å². The van der Waals surface area contributed by atoms with Crippen molar-refractivity contribution in [2.45, 2.75) is 47.6 Å². The molecule has 1 aliphatic heterocycles. The first-order chi connectivity index (χ1) is 15.0. The molecule has 9 heteroatoms. The van der Waals surface area contributed by atoms with Crippen LogP contribution in [-0.2, 0) is 14.8 Å². The number of amides is 1. The number of hydrogen-bond acceptors (Lipinski definition) is 6. The molecule has 1 saturated carbocycles. The molecule has 1 aliphatic carbocycles. The fourth-order valence-electron chi connectivity index (χ4n) is 3.37. The molecule has 31 heavy (non-hydrogen) atoms. The van der Waals surface area contributed by atoms with E-state index in [0.717, 1.165) is 42.9 Å². The summed E-state index contributed by atoms with van der Waals surface area (Å²) in [5.74, 6) is 0.857. The first-order valence-corrected chi connectivity index (χ1v) is 12.8. The van der Waals surface area contributed by atoms with Crippen molar-refractivity contribution in [1.29, 1.82) is 0 Å². The summed E-state index contributed by atoms with van der Waals surface area (Å²) < 4.78 is 38.8. The van der Waals surface area contributed by atoms with Gasteiger partial charge in [-0.05, 0) is 56.0 Å². The van der Waals surface area contributed by atoms with Crippen LogP contribution < -0.4 is 14.8 Å². The third kappa shape index (κ3) is 5.60. The summed E-state index contributed by atoms with van der Waals surface area (Å²) >= 11 is 1.59. The molecule has 7 nitrogen and oxygen atoms in total. The molecule has 0 spiro atoms. The van der Waals surface area contributed by atoms with Crippen LogP contribution in [0.4, 0.5) is 5.69 Å². The summed E-state index contributed by atoms with van der Waals surface area (Å²) in [5.41, 5.74) is 0.835. The van der Waals surface area contributed by atoms with Crippen LogP contribution in [0.3, 0.4) is 0 Å². The third-order valence-corrected chi connectivity index (χ3v) is 7.93. The molecule has 1 amide bonds. The predicted octanol–water partition coefficient (Wildman–Crippen LogP) is 3.66. The average Bonchev–Trinajstić information content (AvgIpc) is 3.41. The lowest BCUT2D eigenvalue weighted by atomic mass is 10.2. The van der Waals surface area contributed by atoms with Gasteiger partial charge >= 0.3 is 0 Å². The van der Waals surface area contributed by atoms with Gasteiger partial charge in [0.2, 0.25) is 10.0 Å². The number of nitrogens with one attached hydrogen (secondary N) is 2. The van der Waals surface area contributed by atoms with Gasteiger partial charge < -0.3 is 14.8 Å². The summed E-state index contributed by atoms with van der Waals surface area (Å²) in [4.78, 5) is 14.0. The largest absolute Gasteiger partial charge is 0.495 e. The number of rotatable bonds is 9. The van der Waals surface area contributed by atoms with E-state index in [9.17, 15) is 13.2 Å². The van der Waals surface area contributed by atoms with E-state index in [1.165, 1.54) is 19.2 Å². The summed E-state index contributed by atoms with van der Waals surface area (Å²) in [6, 6.07) is 11.8. The lowest BCUT2D eigenvalue weighted by Gasteiger charge is -2.15. The van der Waals surface area contributed by atoms with Crippen LogP contribution in [0.2, 0.25) is 0 Å². The Morgan fingerprint density at radius 2 is 2.00 bits per heavy atom. The van der Waals surface area contributed by atoms with Crippen LogP contribution in [0.5, 0.6) is 5.75 Å². The van der Waals surface area contributed by atoms with E-state index in [4.69, 9.17) is 9.47 Å². The molecule has 2 N–H and O–H groups in total. The number of hydrogen-bond donors (Lipinski definition) is 2. The maximum atomic E-state index is 13.1. The standard InChI is InChI=1S/C22H26N2O5S2/c1-28-20-11-10-17(31(26,27)24-15-8-9-15)13-19(20)23-22(25)18-6-2-3-7-21(18)30-14-16-5-4-12-29-16/h2-3,6-7,10-11,13,15-16,24H,4-5,8-9,12,14H2,1H3,(H,23,25). The number of carbonyl (C=O) groups is 1. The SMILES string of the molecule is COc1ccc(S(=O)(=O)NC2CC2)cc1NC(=O)c1ccccc1SCC1CCCO1. The van der Waals surface area contributed by atoms with Crippen molar-refractivity contribution < 1.29 is 22.7 Å². The van der Waals surface area contributed by atoms with Crippen LogP contribution in [0, 0.1) is 0 Å². The Kier molecular flexibility index (Phi) is 6.86. The van der Waals surface area contributed by atoms with E-state index in [-0.39, 0.29) is 22.9 Å². The zero-order chi connectivity index (χ0) is 21.8. The number of benzene rings is 2. The van der Waals surface area contributed by atoms with Crippen molar-refractivity contribution in [3.63, 3.8) is 0 Å². The third-order valence-electron chi connectivity index (χ3n) is 5.21. The number of ether oxygens (including phenoxy) is 2. The number of thioether (sulfide) groups is 1. The number of carbonyl (C=O) groups excluding carboxylic acids is 1. The molecule has 1 saturated heterocycles. The molecule has 0 aromatic heterocycles. The van der Waals surface area contributed by atoms with Gasteiger partial charge in [-0.15, -0.1) is 11.8 Å². The molecule has 1 atom stereocenters. The zero-order valence-electron chi connectivity index (χ0n) is 17.3. The summed E-state index contributed by atoms with van der Waals surface area (Å²) in [6.07, 6.45) is 4.01. The molecular weight excluding hydrogens is 436 g/mol. The molecular formula is C22H26N2O5S2. The van der Waals surface area contributed by atoms with E-state index in [1.807, 2.05) is 18.2 Å². The molecule has 0 bridgehead atoms. The van der Waals surface area contributed by atoms with Crippen LogP contribution in [0.25, 0.3) is 0 Å². The Hall–Kier alpha value is -2.07. The normalized spacial score (nSPS) is 18.7. The molecule has 1 unspecified atom stereocenters. The lowest BCUT2D eigenvalue weighted by molar-refractivity contribution is 0.102. The minimum atomic E-state index is -3.65. The first-order valence-electron chi connectivity index (χ1n) is 10.3. The minimum absolute atomic E-state index is 0.00195. The van der Waals surface area contributed by atoms with E-state index in [1.54, 1.807) is 23.9 Å². The van der Waals surface area contributed by atoms with Crippen molar-refractivity contribution in [1.82, 2.24) is 4.72 Å². The lowest BCUT2D eigenvalue weighted by Crippen LogP contribution is -2.26. The van der Waals surface area contributed by atoms with Crippen LogP contribution in [-0.4, -0.2) is 45.9 Å². The van der Waals surface area contributed by atoms with Gasteiger partial charge in [-0.2, -0.15) is 0 Å². The molecule has 2 fully saturated rings. The van der Waals surface area contributed by atoms with Crippen molar-refractivity contribution in [2.75, 3.05) is 24.8 Å². The number of sulfonamides is 1. The van der Waals surface area contributed by atoms with Gasteiger partial charge in [0.1, 0.15) is 5.75 Å². The minimum Gasteiger partial charge on any atom is -0.495 e. The smallest absolute Gasteiger partial charge is 0.256 e. The fraction of sp³-hybridized carbons (Fsp3) is 0.409. The van der Waals surface area contributed by atoms with Gasteiger partial charge in [-0.25, -0.2) is 13.1 Å². The molecule has 166 valence electrons. The highest BCUT2D eigenvalue weighted by Gasteiger charge is 2.28. The second kappa shape index (κ2) is 9.60. The Bertz CT molecular complexity index is 1050. The highest BCUT2D eigenvalue weighted by Crippen LogP contribution is 2.31. The maximum Gasteiger partial charge on any atom is 0.256 e. The van der Waals surface area contributed by atoms with Crippen molar-refractivity contribution in [3.05, 3.63) is 48.0 Å². The Labute approximate surface area is 186 Å². The van der Waals surface area contributed by atoms with Gasteiger partial charge in [0.25, 0.3) is 5.91 Å². The summed E-state index contributed by atoms with van der Waals surface area (Å²) in [5, 5.41) is 2.83. The van der Waals surface area contributed by atoms with Crippen molar-refractivity contribution in [3.8, 4) is 5.75 Å². The quantitative estimate of drug-likeness (QED) is 0.553. The van der Waals surface area contributed by atoms with Crippen molar-refractivity contribution >= 4 is 33.4 Å². The second-order valence-corrected chi connectivity index (χ2v) is 10.4. The van der Waals surface area contributed by atoms with E-state index >= 15 is 0 Å². The van der Waals surface area contributed by atoms with Crippen LogP contribution in [0.1, 0.15) is 36.0 Å². The Morgan fingerprint density at radius 1 is 1.19 bits per heavy atom. The highest BCUT2D eigenvalue weighted by atomic mass is 32.2. The van der Waals surface area contributed by atoms with Gasteiger partial charge in [-0.1, -0.05) is 12.1 Å². The zero-order valence-corrected chi connectivity index (χ0v) is 18.9. The summed E-state index contributed by atoms with van der Waals surface area (Å²) in [6.45, 7) is 0.794. The van der Waals surface area contributed by atoms with E-state index < -0.39 is 10.0 Å². The molecule has 2 aliphatic rings. The van der Waals surface area contributed by atoms with Gasteiger partial charge in [-0.3, -0.25) is 4.79 Å². The average molecular weight is 463 g/mol. The number of anilines is 1. The van der Waals surface area contributed by atoms with E-state index in [0.29, 0.717) is 17.0 Å². The van der Waals surface area contributed by atoms with E-state index in [2.05, 4.69) is 10.0 Å². The Morgan fingerprint density at radius 3 is 2.71 bits per heavy atom. The molecule has 2 aromatic rings. The molecule has 4 rings (SSSR count). The predicted molar refractivity (Wildman–Crippen MR) is 120 cm³/mol.